The number of carboxylic acids is 1. The normalized spacial score (nSPS) is 20.2. The van der Waals surface area contributed by atoms with E-state index in [1.807, 2.05) is 20.8 Å². The fourth-order valence-corrected chi connectivity index (χ4v) is 3.82. The summed E-state index contributed by atoms with van der Waals surface area (Å²) in [5.41, 5.74) is 5.57. The molecule has 3 amide bonds. The zero-order valence-corrected chi connectivity index (χ0v) is 20.5. The molecule has 1 aliphatic rings. The molecule has 0 bridgehead atoms. The SMILES string of the molecule is CCC(C)C(NC(=O)C(CCCCN)NC(=O)C(NC(=O)C1CCCN1)C(C)CC)C(=O)O. The van der Waals surface area contributed by atoms with Crippen molar-refractivity contribution in [2.45, 2.75) is 96.8 Å². The molecule has 0 spiro atoms. The molecule has 10 nitrogen and oxygen atoms in total. The Bertz CT molecular complexity index is 653. The van der Waals surface area contributed by atoms with Gasteiger partial charge in [-0.25, -0.2) is 4.79 Å². The highest BCUT2D eigenvalue weighted by atomic mass is 16.4. The number of amides is 3. The summed E-state index contributed by atoms with van der Waals surface area (Å²) < 4.78 is 0. The molecule has 0 aliphatic carbocycles. The monoisotopic (exact) mass is 469 g/mol. The predicted octanol–water partition coefficient (Wildman–Crippen LogP) is 0.499. The lowest BCUT2D eigenvalue weighted by molar-refractivity contribution is -0.144. The summed E-state index contributed by atoms with van der Waals surface area (Å²) in [7, 11) is 0. The van der Waals surface area contributed by atoms with Gasteiger partial charge in [0.1, 0.15) is 18.1 Å². The van der Waals surface area contributed by atoms with Crippen LogP contribution in [0.15, 0.2) is 0 Å². The minimum Gasteiger partial charge on any atom is -0.480 e. The second-order valence-corrected chi connectivity index (χ2v) is 9.08. The van der Waals surface area contributed by atoms with Crippen molar-refractivity contribution in [1.82, 2.24) is 21.3 Å². The van der Waals surface area contributed by atoms with Crippen LogP contribution in [0, 0.1) is 11.8 Å². The minimum absolute atomic E-state index is 0.144. The average Bonchev–Trinajstić information content (AvgIpc) is 3.34. The van der Waals surface area contributed by atoms with Crippen LogP contribution in [0.1, 0.15) is 72.6 Å². The average molecular weight is 470 g/mol. The lowest BCUT2D eigenvalue weighted by Crippen LogP contribution is -2.59. The number of carbonyl (C=O) groups excluding carboxylic acids is 3. The molecule has 6 unspecified atom stereocenters. The smallest absolute Gasteiger partial charge is 0.326 e. The number of carbonyl (C=O) groups is 4. The van der Waals surface area contributed by atoms with Crippen molar-refractivity contribution in [2.24, 2.45) is 17.6 Å². The van der Waals surface area contributed by atoms with Crippen molar-refractivity contribution in [3.8, 4) is 0 Å². The first-order valence-electron chi connectivity index (χ1n) is 12.2. The number of hydrogen-bond acceptors (Lipinski definition) is 6. The summed E-state index contributed by atoms with van der Waals surface area (Å²) in [5, 5.41) is 20.9. The molecule has 7 N–H and O–H groups in total. The van der Waals surface area contributed by atoms with Gasteiger partial charge in [0, 0.05) is 0 Å². The van der Waals surface area contributed by atoms with Crippen LogP contribution < -0.4 is 27.0 Å². The maximum Gasteiger partial charge on any atom is 0.326 e. The van der Waals surface area contributed by atoms with Gasteiger partial charge in [0.05, 0.1) is 6.04 Å². The van der Waals surface area contributed by atoms with Crippen molar-refractivity contribution in [1.29, 1.82) is 0 Å². The highest BCUT2D eigenvalue weighted by Crippen LogP contribution is 2.13. The van der Waals surface area contributed by atoms with Gasteiger partial charge in [0.2, 0.25) is 17.7 Å². The molecule has 190 valence electrons. The molecule has 10 heteroatoms. The van der Waals surface area contributed by atoms with E-state index in [1.165, 1.54) is 0 Å². The van der Waals surface area contributed by atoms with Crippen LogP contribution in [-0.2, 0) is 19.2 Å². The summed E-state index contributed by atoms with van der Waals surface area (Å²) in [5.74, 6) is -2.73. The van der Waals surface area contributed by atoms with Crippen molar-refractivity contribution < 1.29 is 24.3 Å². The van der Waals surface area contributed by atoms with Gasteiger partial charge >= 0.3 is 5.97 Å². The van der Waals surface area contributed by atoms with E-state index >= 15 is 0 Å². The van der Waals surface area contributed by atoms with Crippen LogP contribution >= 0.6 is 0 Å². The van der Waals surface area contributed by atoms with E-state index in [0.29, 0.717) is 38.6 Å². The van der Waals surface area contributed by atoms with Gasteiger partial charge < -0.3 is 32.1 Å². The number of nitrogens with two attached hydrogens (primary N) is 1. The van der Waals surface area contributed by atoms with Crippen LogP contribution in [-0.4, -0.2) is 66.1 Å². The van der Waals surface area contributed by atoms with Crippen molar-refractivity contribution >= 4 is 23.7 Å². The second-order valence-electron chi connectivity index (χ2n) is 9.08. The van der Waals surface area contributed by atoms with Crippen molar-refractivity contribution in [3.05, 3.63) is 0 Å². The Hall–Kier alpha value is -2.20. The van der Waals surface area contributed by atoms with E-state index in [2.05, 4.69) is 21.3 Å². The third kappa shape index (κ3) is 9.29. The molecule has 0 saturated carbocycles. The number of aliphatic carboxylic acids is 1. The van der Waals surface area contributed by atoms with Gasteiger partial charge in [0.25, 0.3) is 0 Å². The Morgan fingerprint density at radius 3 is 2.12 bits per heavy atom. The lowest BCUT2D eigenvalue weighted by atomic mass is 9.96. The van der Waals surface area contributed by atoms with E-state index in [1.54, 1.807) is 6.92 Å². The van der Waals surface area contributed by atoms with E-state index in [0.717, 1.165) is 19.4 Å². The molecule has 33 heavy (non-hydrogen) atoms. The Balaban J connectivity index is 2.96. The quantitative estimate of drug-likeness (QED) is 0.190. The zero-order valence-electron chi connectivity index (χ0n) is 20.5. The molecule has 1 heterocycles. The Morgan fingerprint density at radius 2 is 1.61 bits per heavy atom. The van der Waals surface area contributed by atoms with Gasteiger partial charge in [-0.05, 0) is 57.0 Å². The molecule has 0 aromatic carbocycles. The molecule has 0 aromatic rings. The van der Waals surface area contributed by atoms with Gasteiger partial charge in [-0.15, -0.1) is 0 Å². The van der Waals surface area contributed by atoms with Crippen LogP contribution in [0.4, 0.5) is 0 Å². The Kier molecular flexibility index (Phi) is 13.0. The largest absolute Gasteiger partial charge is 0.480 e. The Labute approximate surface area is 197 Å². The van der Waals surface area contributed by atoms with Gasteiger partial charge in [-0.2, -0.15) is 0 Å². The predicted molar refractivity (Wildman–Crippen MR) is 126 cm³/mol. The van der Waals surface area contributed by atoms with Crippen LogP contribution in [0.25, 0.3) is 0 Å². The maximum atomic E-state index is 13.2. The van der Waals surface area contributed by atoms with E-state index < -0.39 is 35.9 Å². The molecular formula is C23H43N5O5. The number of unbranched alkanes of at least 4 members (excludes halogenated alkanes) is 1. The molecule has 1 saturated heterocycles. The van der Waals surface area contributed by atoms with Crippen LogP contribution in [0.3, 0.4) is 0 Å². The summed E-state index contributed by atoms with van der Waals surface area (Å²) in [4.78, 5) is 50.4. The number of hydrogen-bond donors (Lipinski definition) is 6. The standard InChI is InChI=1S/C23H43N5O5/c1-5-14(3)18(27-20(29)16-11-9-13-25-16)22(31)26-17(10-7-8-12-24)21(30)28-19(23(32)33)15(4)6-2/h14-19,25H,5-13,24H2,1-4H3,(H,26,31)(H,27,29)(H,28,30)(H,32,33). The summed E-state index contributed by atoms with van der Waals surface area (Å²) in [6, 6.07) is -3.07. The minimum atomic E-state index is -1.11. The van der Waals surface area contributed by atoms with Crippen LogP contribution in [0.2, 0.25) is 0 Å². The molecule has 0 radical (unpaired) electrons. The molecular weight excluding hydrogens is 426 g/mol. The first kappa shape index (κ1) is 28.8. The molecule has 0 aromatic heterocycles. The number of rotatable bonds is 15. The van der Waals surface area contributed by atoms with E-state index in [-0.39, 0.29) is 23.8 Å². The number of carboxylic acid groups (broad SMARTS) is 1. The van der Waals surface area contributed by atoms with E-state index in [9.17, 15) is 24.3 Å². The third-order valence-corrected chi connectivity index (χ3v) is 6.53. The zero-order chi connectivity index (χ0) is 25.0. The first-order chi connectivity index (χ1) is 15.7. The summed E-state index contributed by atoms with van der Waals surface area (Å²) in [6.07, 6.45) is 4.47. The highest BCUT2D eigenvalue weighted by molar-refractivity contribution is 5.94. The van der Waals surface area contributed by atoms with Gasteiger partial charge in [0.15, 0.2) is 0 Å². The Morgan fingerprint density at radius 1 is 0.970 bits per heavy atom. The second kappa shape index (κ2) is 14.8. The molecule has 6 atom stereocenters. The highest BCUT2D eigenvalue weighted by Gasteiger charge is 2.34. The summed E-state index contributed by atoms with van der Waals surface area (Å²) >= 11 is 0. The molecule has 1 fully saturated rings. The van der Waals surface area contributed by atoms with Gasteiger partial charge in [-0.1, -0.05) is 40.5 Å². The van der Waals surface area contributed by atoms with Gasteiger partial charge in [-0.3, -0.25) is 14.4 Å². The van der Waals surface area contributed by atoms with Crippen molar-refractivity contribution in [3.63, 3.8) is 0 Å². The van der Waals surface area contributed by atoms with Crippen LogP contribution in [0.5, 0.6) is 0 Å². The molecule has 1 rings (SSSR count). The topological polar surface area (TPSA) is 163 Å². The summed E-state index contributed by atoms with van der Waals surface area (Å²) in [6.45, 7) is 8.63. The third-order valence-electron chi connectivity index (χ3n) is 6.53. The number of nitrogens with one attached hydrogen (secondary N) is 4. The van der Waals surface area contributed by atoms with Crippen molar-refractivity contribution in [2.75, 3.05) is 13.1 Å². The fourth-order valence-electron chi connectivity index (χ4n) is 3.82. The molecule has 1 aliphatic heterocycles. The lowest BCUT2D eigenvalue weighted by Gasteiger charge is -2.28. The fraction of sp³-hybridized carbons (Fsp3) is 0.826. The van der Waals surface area contributed by atoms with E-state index in [4.69, 9.17) is 5.73 Å². The first-order valence-corrected chi connectivity index (χ1v) is 12.2. The maximum absolute atomic E-state index is 13.2.